The first-order chi connectivity index (χ1) is 18.8. The number of hydrogen-bond acceptors (Lipinski definition) is 6. The van der Waals surface area contributed by atoms with E-state index in [1.54, 1.807) is 30.1 Å². The van der Waals surface area contributed by atoms with Crippen LogP contribution >= 0.6 is 0 Å². The van der Waals surface area contributed by atoms with Gasteiger partial charge >= 0.3 is 5.97 Å². The number of benzene rings is 3. The van der Waals surface area contributed by atoms with Gasteiger partial charge in [-0.2, -0.15) is 4.41 Å². The van der Waals surface area contributed by atoms with Crippen LogP contribution < -0.4 is 10.2 Å². The smallest absolute Gasteiger partial charge is 0.305 e. The second-order valence-electron chi connectivity index (χ2n) is 9.11. The summed E-state index contributed by atoms with van der Waals surface area (Å²) in [4.78, 5) is 25.8. The van der Waals surface area contributed by atoms with E-state index in [1.807, 2.05) is 60.7 Å². The molecule has 2 N–H and O–H groups in total. The molecule has 1 aliphatic rings. The van der Waals surface area contributed by atoms with Gasteiger partial charge in [0.1, 0.15) is 0 Å². The Labute approximate surface area is 230 Å². The Morgan fingerprint density at radius 2 is 1.64 bits per heavy atom. The summed E-state index contributed by atoms with van der Waals surface area (Å²) >= 11 is -2.55. The van der Waals surface area contributed by atoms with Gasteiger partial charge in [-0.3, -0.25) is 13.8 Å². The van der Waals surface area contributed by atoms with E-state index >= 15 is 0 Å². The molecular formula is C29H29N4O5S-. The Bertz CT molecular complexity index is 1380. The van der Waals surface area contributed by atoms with Crippen LogP contribution in [-0.2, 0) is 16.1 Å². The number of rotatable bonds is 8. The zero-order valence-corrected chi connectivity index (χ0v) is 22.3. The number of nitrogens with zero attached hydrogens (tertiary/aromatic N) is 3. The van der Waals surface area contributed by atoms with E-state index in [4.69, 9.17) is 5.11 Å². The van der Waals surface area contributed by atoms with Crippen LogP contribution in [0.5, 0.6) is 0 Å². The molecule has 3 aromatic rings. The first-order valence-electron chi connectivity index (χ1n) is 12.5. The van der Waals surface area contributed by atoms with Crippen molar-refractivity contribution in [3.8, 4) is 11.8 Å². The maximum atomic E-state index is 12.6. The lowest BCUT2D eigenvalue weighted by Crippen LogP contribution is -2.57. The molecule has 39 heavy (non-hydrogen) atoms. The number of anilines is 2. The van der Waals surface area contributed by atoms with Gasteiger partial charge in [0.15, 0.2) is 0 Å². The van der Waals surface area contributed by atoms with Crippen LogP contribution in [0.3, 0.4) is 0 Å². The van der Waals surface area contributed by atoms with Crippen LogP contribution in [0, 0.1) is 11.8 Å². The van der Waals surface area contributed by atoms with E-state index in [2.05, 4.69) is 22.1 Å². The number of carbonyl (C=O) groups excluding carboxylic acids is 1. The third kappa shape index (κ3) is 7.75. The van der Waals surface area contributed by atoms with Crippen molar-refractivity contribution in [3.63, 3.8) is 0 Å². The highest BCUT2D eigenvalue weighted by molar-refractivity contribution is 7.76. The van der Waals surface area contributed by atoms with Crippen molar-refractivity contribution in [1.29, 1.82) is 0 Å². The van der Waals surface area contributed by atoms with Crippen molar-refractivity contribution in [2.75, 3.05) is 36.4 Å². The number of carboxylic acid groups (broad SMARTS) is 1. The Morgan fingerprint density at radius 1 is 0.974 bits per heavy atom. The largest absolute Gasteiger partial charge is 0.759 e. The zero-order valence-electron chi connectivity index (χ0n) is 21.4. The van der Waals surface area contributed by atoms with Crippen LogP contribution in [0.15, 0.2) is 78.9 Å². The SMILES string of the molecule is CC(CC(=O)O)N(N1CCN(c2ccc(C#Cc3cccc(C(=O)Nc4ccccc4)c3)cc2)CC1)S(=O)[O-]. The van der Waals surface area contributed by atoms with Crippen molar-refractivity contribution in [3.05, 3.63) is 95.6 Å². The lowest BCUT2D eigenvalue weighted by molar-refractivity contribution is -0.139. The molecule has 3 aromatic carbocycles. The molecule has 2 unspecified atom stereocenters. The Hall–Kier alpha value is -4.01. The predicted octanol–water partition coefficient (Wildman–Crippen LogP) is 3.34. The molecule has 1 heterocycles. The maximum Gasteiger partial charge on any atom is 0.305 e. The normalized spacial score (nSPS) is 15.2. The molecule has 4 rings (SSSR count). The molecule has 1 saturated heterocycles. The summed E-state index contributed by atoms with van der Waals surface area (Å²) in [6.07, 6.45) is -0.262. The number of aliphatic carboxylic acids is 1. The first-order valence-corrected chi connectivity index (χ1v) is 13.5. The van der Waals surface area contributed by atoms with E-state index in [9.17, 15) is 18.4 Å². The number of para-hydroxylation sites is 1. The highest BCUT2D eigenvalue weighted by Crippen LogP contribution is 2.20. The van der Waals surface area contributed by atoms with E-state index in [0.29, 0.717) is 31.7 Å². The highest BCUT2D eigenvalue weighted by Gasteiger charge is 2.28. The average molecular weight is 546 g/mol. The molecule has 10 heteroatoms. The van der Waals surface area contributed by atoms with E-state index < -0.39 is 23.3 Å². The summed E-state index contributed by atoms with van der Waals surface area (Å²) < 4.78 is 24.6. The van der Waals surface area contributed by atoms with Crippen molar-refractivity contribution in [2.45, 2.75) is 19.4 Å². The number of amides is 1. The minimum absolute atomic E-state index is 0.199. The lowest BCUT2D eigenvalue weighted by Gasteiger charge is -2.44. The van der Waals surface area contributed by atoms with E-state index in [-0.39, 0.29) is 12.3 Å². The van der Waals surface area contributed by atoms with Gasteiger partial charge in [0.25, 0.3) is 5.91 Å². The number of carbonyl (C=O) groups is 2. The summed E-state index contributed by atoms with van der Waals surface area (Å²) in [7, 11) is 0. The van der Waals surface area contributed by atoms with Gasteiger partial charge in [0.2, 0.25) is 0 Å². The van der Waals surface area contributed by atoms with E-state index in [0.717, 1.165) is 26.9 Å². The van der Waals surface area contributed by atoms with Gasteiger partial charge in [0.05, 0.1) is 6.42 Å². The topological polar surface area (TPSA) is 116 Å². The molecule has 1 amide bonds. The number of piperazine rings is 1. The number of hydrogen-bond donors (Lipinski definition) is 2. The molecule has 0 radical (unpaired) electrons. The summed E-state index contributed by atoms with van der Waals surface area (Å²) in [6, 6.07) is 23.6. The zero-order chi connectivity index (χ0) is 27.8. The lowest BCUT2D eigenvalue weighted by atomic mass is 10.1. The Morgan fingerprint density at radius 3 is 2.28 bits per heavy atom. The molecule has 2 atom stereocenters. The molecule has 1 aliphatic heterocycles. The quantitative estimate of drug-likeness (QED) is 0.329. The summed E-state index contributed by atoms with van der Waals surface area (Å²) in [6.45, 7) is 3.68. The minimum atomic E-state index is -2.55. The number of nitrogens with one attached hydrogen (secondary N) is 1. The number of hydrazine groups is 1. The second-order valence-corrected chi connectivity index (χ2v) is 9.91. The highest BCUT2D eigenvalue weighted by atomic mass is 32.2. The fourth-order valence-electron chi connectivity index (χ4n) is 4.36. The molecule has 0 aliphatic carbocycles. The Balaban J connectivity index is 1.35. The standard InChI is InChI=1S/C29H30N4O5S/c1-22(20-28(34)35)33(39(37)38)32-18-16-31(17-19-32)27-14-12-23(13-15-27)10-11-24-6-5-7-25(21-24)29(36)30-26-8-3-2-4-9-26/h2-9,12-15,21-22H,16-20H2,1H3,(H,30,36)(H,34,35)(H,37,38)/p-1. The Kier molecular flexibility index (Phi) is 9.46. The van der Waals surface area contributed by atoms with Gasteiger partial charge in [-0.25, -0.2) is 5.01 Å². The van der Waals surface area contributed by atoms with Gasteiger partial charge in [-0.1, -0.05) is 36.1 Å². The van der Waals surface area contributed by atoms with Gasteiger partial charge in [0, 0.05) is 71.6 Å². The first kappa shape index (κ1) is 28.0. The van der Waals surface area contributed by atoms with Crippen molar-refractivity contribution in [1.82, 2.24) is 9.42 Å². The van der Waals surface area contributed by atoms with Crippen LogP contribution in [0.1, 0.15) is 34.8 Å². The molecule has 0 saturated carbocycles. The van der Waals surface area contributed by atoms with Crippen LogP contribution in [0.4, 0.5) is 11.4 Å². The molecular weight excluding hydrogens is 516 g/mol. The molecule has 1 fully saturated rings. The van der Waals surface area contributed by atoms with Crippen molar-refractivity contribution < 1.29 is 23.5 Å². The molecule has 202 valence electrons. The monoisotopic (exact) mass is 545 g/mol. The van der Waals surface area contributed by atoms with Crippen molar-refractivity contribution in [2.24, 2.45) is 0 Å². The van der Waals surface area contributed by atoms with E-state index in [1.165, 1.54) is 0 Å². The molecule has 0 aromatic heterocycles. The maximum absolute atomic E-state index is 12.6. The van der Waals surface area contributed by atoms with Gasteiger partial charge in [-0.15, -0.1) is 0 Å². The van der Waals surface area contributed by atoms with Crippen LogP contribution in [0.2, 0.25) is 0 Å². The predicted molar refractivity (Wildman–Crippen MR) is 150 cm³/mol. The van der Waals surface area contributed by atoms with Crippen LogP contribution in [0.25, 0.3) is 0 Å². The molecule has 0 spiro atoms. The van der Waals surface area contributed by atoms with Gasteiger partial charge < -0.3 is 19.9 Å². The number of carboxylic acids is 1. The average Bonchev–Trinajstić information content (AvgIpc) is 2.93. The van der Waals surface area contributed by atoms with Crippen molar-refractivity contribution >= 4 is 34.5 Å². The third-order valence-electron chi connectivity index (χ3n) is 6.27. The molecule has 9 nitrogen and oxygen atoms in total. The van der Waals surface area contributed by atoms with Crippen LogP contribution in [-0.4, -0.2) is 67.4 Å². The third-order valence-corrected chi connectivity index (χ3v) is 7.17. The fourth-order valence-corrected chi connectivity index (χ4v) is 5.09. The summed E-state index contributed by atoms with van der Waals surface area (Å²) in [5, 5.41) is 13.6. The fraction of sp³-hybridized carbons (Fsp3) is 0.241. The summed E-state index contributed by atoms with van der Waals surface area (Å²) in [5.41, 5.74) is 3.80. The molecule has 0 bridgehead atoms. The summed E-state index contributed by atoms with van der Waals surface area (Å²) in [5.74, 6) is 5.01. The second kappa shape index (κ2) is 13.2. The van der Waals surface area contributed by atoms with Gasteiger partial charge in [-0.05, 0) is 61.5 Å². The minimum Gasteiger partial charge on any atom is -0.759 e.